The van der Waals surface area contributed by atoms with Crippen molar-refractivity contribution in [1.82, 2.24) is 19.7 Å². The smallest absolute Gasteiger partial charge is 0.274 e. The standard InChI is InChI=1S/C23H29N7O3/c1-14(2)33-23-21(31)28-20-15(3)27-19(9-18(20)29(23)4)25-10-16-11-26-30(12-16)13-17-7-6-8-24-22(17)32-5/h6-9,11-12,14,23H,10,13H2,1-5H3,(H,25,27)(H,28,31). The molecular weight excluding hydrogens is 422 g/mol. The molecule has 1 amide bonds. The zero-order valence-electron chi connectivity index (χ0n) is 19.5. The first kappa shape index (κ1) is 22.5. The summed E-state index contributed by atoms with van der Waals surface area (Å²) < 4.78 is 13.0. The number of hydrogen-bond donors (Lipinski definition) is 2. The first-order valence-corrected chi connectivity index (χ1v) is 10.8. The molecule has 0 saturated carbocycles. The van der Waals surface area contributed by atoms with E-state index >= 15 is 0 Å². The first-order valence-electron chi connectivity index (χ1n) is 10.8. The molecule has 0 aromatic carbocycles. The molecule has 10 nitrogen and oxygen atoms in total. The van der Waals surface area contributed by atoms with Gasteiger partial charge < -0.3 is 25.0 Å². The Morgan fingerprint density at radius 3 is 2.91 bits per heavy atom. The number of aromatic nitrogens is 4. The third-order valence-corrected chi connectivity index (χ3v) is 5.32. The minimum Gasteiger partial charge on any atom is -0.481 e. The zero-order valence-corrected chi connectivity index (χ0v) is 19.5. The number of likely N-dealkylation sites (N-methyl/N-ethyl adjacent to an activating group) is 1. The molecule has 4 rings (SSSR count). The summed E-state index contributed by atoms with van der Waals surface area (Å²) in [7, 11) is 3.46. The van der Waals surface area contributed by atoms with E-state index in [1.807, 2.05) is 68.0 Å². The van der Waals surface area contributed by atoms with Crippen LogP contribution in [0.3, 0.4) is 0 Å². The number of methoxy groups -OCH3 is 1. The molecule has 0 fully saturated rings. The summed E-state index contributed by atoms with van der Waals surface area (Å²) in [5, 5.41) is 10.7. The monoisotopic (exact) mass is 451 g/mol. The van der Waals surface area contributed by atoms with Gasteiger partial charge in [0.05, 0.1) is 43.0 Å². The zero-order chi connectivity index (χ0) is 23.5. The number of fused-ring (bicyclic) bond motifs is 1. The van der Waals surface area contributed by atoms with Gasteiger partial charge in [0.2, 0.25) is 12.1 Å². The molecule has 0 radical (unpaired) electrons. The van der Waals surface area contributed by atoms with E-state index < -0.39 is 6.23 Å². The summed E-state index contributed by atoms with van der Waals surface area (Å²) in [4.78, 5) is 23.2. The van der Waals surface area contributed by atoms with Gasteiger partial charge >= 0.3 is 0 Å². The van der Waals surface area contributed by atoms with Gasteiger partial charge in [-0.1, -0.05) is 6.07 Å². The Kier molecular flexibility index (Phi) is 6.45. The van der Waals surface area contributed by atoms with E-state index in [9.17, 15) is 4.79 Å². The number of rotatable bonds is 8. The van der Waals surface area contributed by atoms with Gasteiger partial charge in [-0.2, -0.15) is 5.10 Å². The first-order chi connectivity index (χ1) is 15.9. The number of hydrogen-bond acceptors (Lipinski definition) is 8. The number of amides is 1. The van der Waals surface area contributed by atoms with Gasteiger partial charge in [-0.25, -0.2) is 9.97 Å². The highest BCUT2D eigenvalue weighted by Gasteiger charge is 2.33. The summed E-state index contributed by atoms with van der Waals surface area (Å²) in [5.74, 6) is 1.11. The molecule has 0 bridgehead atoms. The molecule has 0 spiro atoms. The van der Waals surface area contributed by atoms with E-state index in [0.29, 0.717) is 30.5 Å². The fourth-order valence-electron chi connectivity index (χ4n) is 3.76. The van der Waals surface area contributed by atoms with Crippen LogP contribution in [0.2, 0.25) is 0 Å². The van der Waals surface area contributed by atoms with Gasteiger partial charge in [-0.05, 0) is 26.8 Å². The van der Waals surface area contributed by atoms with Crippen molar-refractivity contribution in [2.75, 3.05) is 29.7 Å². The van der Waals surface area contributed by atoms with Gasteiger partial charge in [-0.3, -0.25) is 9.48 Å². The molecule has 33 heavy (non-hydrogen) atoms. The topological polar surface area (TPSA) is 106 Å². The van der Waals surface area contributed by atoms with Crippen LogP contribution < -0.4 is 20.3 Å². The van der Waals surface area contributed by atoms with Crippen molar-refractivity contribution < 1.29 is 14.3 Å². The lowest BCUT2D eigenvalue weighted by atomic mass is 10.1. The number of ether oxygens (including phenoxy) is 2. The number of pyridine rings is 2. The Bertz CT molecular complexity index is 1140. The van der Waals surface area contributed by atoms with Crippen molar-refractivity contribution >= 4 is 23.1 Å². The van der Waals surface area contributed by atoms with Gasteiger partial charge in [-0.15, -0.1) is 0 Å². The van der Waals surface area contributed by atoms with Crippen LogP contribution in [0, 0.1) is 6.92 Å². The summed E-state index contributed by atoms with van der Waals surface area (Å²) >= 11 is 0. The Labute approximate surface area is 192 Å². The summed E-state index contributed by atoms with van der Waals surface area (Å²) in [6.45, 7) is 6.81. The van der Waals surface area contributed by atoms with E-state index in [1.165, 1.54) is 0 Å². The second kappa shape index (κ2) is 9.45. The third kappa shape index (κ3) is 4.90. The SMILES string of the molecule is COc1ncccc1Cn1cc(CNc2cc3c(c(C)n2)NC(=O)C(OC(C)C)N3C)cn1. The van der Waals surface area contributed by atoms with Gasteiger partial charge in [0.15, 0.2) is 0 Å². The predicted molar refractivity (Wildman–Crippen MR) is 125 cm³/mol. The molecule has 1 aliphatic rings. The van der Waals surface area contributed by atoms with Gasteiger partial charge in [0.25, 0.3) is 5.91 Å². The Morgan fingerprint density at radius 1 is 1.33 bits per heavy atom. The maximum Gasteiger partial charge on any atom is 0.274 e. The van der Waals surface area contributed by atoms with Crippen LogP contribution in [-0.4, -0.2) is 52.1 Å². The van der Waals surface area contributed by atoms with Gasteiger partial charge in [0, 0.05) is 43.2 Å². The average molecular weight is 452 g/mol. The Morgan fingerprint density at radius 2 is 2.15 bits per heavy atom. The van der Waals surface area contributed by atoms with Crippen molar-refractivity contribution in [3.05, 3.63) is 53.6 Å². The summed E-state index contributed by atoms with van der Waals surface area (Å²) in [6.07, 6.45) is 4.74. The molecule has 10 heteroatoms. The fourth-order valence-corrected chi connectivity index (χ4v) is 3.76. The van der Waals surface area contributed by atoms with E-state index in [4.69, 9.17) is 9.47 Å². The lowest BCUT2D eigenvalue weighted by Crippen LogP contribution is -2.49. The number of nitrogens with zero attached hydrogens (tertiary/aromatic N) is 5. The molecule has 0 saturated heterocycles. The van der Waals surface area contributed by atoms with Crippen LogP contribution in [0.15, 0.2) is 36.8 Å². The molecule has 2 N–H and O–H groups in total. The van der Waals surface area contributed by atoms with Crippen molar-refractivity contribution in [3.63, 3.8) is 0 Å². The van der Waals surface area contributed by atoms with Crippen molar-refractivity contribution in [2.24, 2.45) is 0 Å². The molecule has 1 atom stereocenters. The van der Waals surface area contributed by atoms with Crippen molar-refractivity contribution in [1.29, 1.82) is 0 Å². The van der Waals surface area contributed by atoms with E-state index in [-0.39, 0.29) is 12.0 Å². The van der Waals surface area contributed by atoms with Crippen LogP contribution >= 0.6 is 0 Å². The van der Waals surface area contributed by atoms with Crippen molar-refractivity contribution in [3.8, 4) is 5.88 Å². The number of nitrogens with one attached hydrogen (secondary N) is 2. The van der Waals surface area contributed by atoms with Crippen LogP contribution in [0.5, 0.6) is 5.88 Å². The second-order valence-corrected chi connectivity index (χ2v) is 8.20. The molecule has 1 unspecified atom stereocenters. The van der Waals surface area contributed by atoms with Gasteiger partial charge in [0.1, 0.15) is 5.82 Å². The molecule has 3 aromatic heterocycles. The average Bonchev–Trinajstić information content (AvgIpc) is 3.23. The molecule has 174 valence electrons. The third-order valence-electron chi connectivity index (χ3n) is 5.32. The Balaban J connectivity index is 1.46. The molecular formula is C23H29N7O3. The number of anilines is 3. The fraction of sp³-hybridized carbons (Fsp3) is 0.391. The minimum atomic E-state index is -0.685. The van der Waals surface area contributed by atoms with E-state index in [2.05, 4.69) is 25.7 Å². The maximum atomic E-state index is 12.5. The highest BCUT2D eigenvalue weighted by molar-refractivity contribution is 6.03. The van der Waals surface area contributed by atoms with E-state index in [0.717, 1.165) is 22.5 Å². The quantitative estimate of drug-likeness (QED) is 0.539. The second-order valence-electron chi connectivity index (χ2n) is 8.20. The van der Waals surface area contributed by atoms with Crippen molar-refractivity contribution in [2.45, 2.75) is 46.2 Å². The predicted octanol–water partition coefficient (Wildman–Crippen LogP) is 2.79. The molecule has 4 heterocycles. The Hall–Kier alpha value is -3.66. The van der Waals surface area contributed by atoms with Crippen LogP contribution in [-0.2, 0) is 22.6 Å². The van der Waals surface area contributed by atoms with E-state index in [1.54, 1.807) is 13.3 Å². The molecule has 1 aliphatic heterocycles. The highest BCUT2D eigenvalue weighted by Crippen LogP contribution is 2.35. The normalized spacial score (nSPS) is 15.4. The highest BCUT2D eigenvalue weighted by atomic mass is 16.5. The molecule has 3 aromatic rings. The summed E-state index contributed by atoms with van der Waals surface area (Å²) in [6, 6.07) is 5.77. The number of aryl methyl sites for hydroxylation is 1. The van der Waals surface area contributed by atoms with Crippen LogP contribution in [0.1, 0.15) is 30.7 Å². The maximum absolute atomic E-state index is 12.5. The minimum absolute atomic E-state index is 0.0755. The number of carbonyl (C=O) groups is 1. The molecule has 0 aliphatic carbocycles. The van der Waals surface area contributed by atoms with Crippen LogP contribution in [0.25, 0.3) is 0 Å². The number of carbonyl (C=O) groups excluding carboxylic acids is 1. The lowest BCUT2D eigenvalue weighted by Gasteiger charge is -2.36. The largest absolute Gasteiger partial charge is 0.481 e. The summed E-state index contributed by atoms with van der Waals surface area (Å²) in [5.41, 5.74) is 4.26. The lowest BCUT2D eigenvalue weighted by molar-refractivity contribution is -0.130. The van der Waals surface area contributed by atoms with Crippen LogP contribution in [0.4, 0.5) is 17.2 Å².